The highest BCUT2D eigenvalue weighted by molar-refractivity contribution is 7.65. The van der Waals surface area contributed by atoms with Gasteiger partial charge in [-0.05, 0) is 84.2 Å². The van der Waals surface area contributed by atoms with Crippen LogP contribution in [0.3, 0.4) is 0 Å². The number of hydrogen-bond donors (Lipinski definition) is 7. The Labute approximate surface area is 339 Å². The second kappa shape index (κ2) is 21.3. The van der Waals surface area contributed by atoms with Gasteiger partial charge in [-0.3, -0.25) is 27.8 Å². The van der Waals surface area contributed by atoms with Crippen molar-refractivity contribution < 1.29 is 65.6 Å². The van der Waals surface area contributed by atoms with Crippen LogP contribution in [0.25, 0.3) is 0 Å². The van der Waals surface area contributed by atoms with Crippen LogP contribution in [0.1, 0.15) is 70.5 Å². The normalized spacial score (nSPS) is 20.6. The Morgan fingerprint density at radius 1 is 1.07 bits per heavy atom. The molecule has 4 unspecified atom stereocenters. The summed E-state index contributed by atoms with van der Waals surface area (Å²) in [6.07, 6.45) is 0.570. The summed E-state index contributed by atoms with van der Waals surface area (Å²) in [6.45, 7) is 5.97. The molecule has 2 heterocycles. The highest BCUT2D eigenvalue weighted by Gasteiger charge is 2.60. The van der Waals surface area contributed by atoms with Crippen molar-refractivity contribution in [2.75, 3.05) is 43.8 Å². The van der Waals surface area contributed by atoms with Crippen molar-refractivity contribution in [1.29, 1.82) is 0 Å². The van der Waals surface area contributed by atoms with Crippen molar-refractivity contribution in [3.05, 3.63) is 52.6 Å². The molecule has 1 saturated heterocycles. The van der Waals surface area contributed by atoms with E-state index in [1.807, 2.05) is 5.66 Å². The van der Waals surface area contributed by atoms with Crippen LogP contribution in [0.15, 0.2) is 41.3 Å². The average molecular weight is 878 g/mol. The second-order valence-electron chi connectivity index (χ2n) is 14.2. The van der Waals surface area contributed by atoms with Gasteiger partial charge in [-0.1, -0.05) is 0 Å². The molecule has 2 amide bonds. The Hall–Kier alpha value is -4.29. The summed E-state index contributed by atoms with van der Waals surface area (Å²) in [4.78, 5) is 53.7. The van der Waals surface area contributed by atoms with Crippen molar-refractivity contribution in [3.8, 4) is 12.1 Å². The third kappa shape index (κ3) is 14.7. The minimum atomic E-state index is -4.58. The number of aliphatic hydroxyl groups excluding tert-OH is 2. The first-order chi connectivity index (χ1) is 27.5. The van der Waals surface area contributed by atoms with Crippen LogP contribution in [0.5, 0.6) is 0 Å². The number of alkyl halides is 2. The molecule has 59 heavy (non-hydrogen) atoms. The maximum atomic E-state index is 15.1. The maximum absolute atomic E-state index is 15.1. The lowest BCUT2D eigenvalue weighted by Crippen LogP contribution is -2.48. The summed E-state index contributed by atoms with van der Waals surface area (Å²) in [7, 11) is -8.27. The lowest BCUT2D eigenvalue weighted by atomic mass is 10.1. The van der Waals surface area contributed by atoms with Crippen molar-refractivity contribution >= 4 is 44.6 Å². The molecule has 2 aromatic rings. The van der Waals surface area contributed by atoms with Crippen LogP contribution in [0, 0.1) is 12.1 Å². The van der Waals surface area contributed by atoms with E-state index in [2.05, 4.69) is 25.8 Å². The van der Waals surface area contributed by atoms with Crippen LogP contribution in [0.4, 0.5) is 20.3 Å². The van der Waals surface area contributed by atoms with Crippen LogP contribution in [-0.4, -0.2) is 106 Å². The molecular weight excluding hydrogens is 826 g/mol. The van der Waals surface area contributed by atoms with E-state index in [9.17, 15) is 33.4 Å². The molecule has 0 bridgehead atoms. The molecule has 24 heteroatoms. The molecule has 1 aromatic heterocycles. The van der Waals surface area contributed by atoms with E-state index in [1.54, 1.807) is 20.8 Å². The number of nitrogens with two attached hydrogens (primary N) is 1. The first-order valence-corrected chi connectivity index (χ1v) is 21.5. The zero-order valence-electron chi connectivity index (χ0n) is 33.1. The first kappa shape index (κ1) is 49.1. The molecule has 1 aliphatic rings. The molecule has 8 N–H and O–H groups in total. The maximum Gasteiger partial charge on any atom is 0.406 e. The number of hydrogen-bond acceptors (Lipinski definition) is 15. The van der Waals surface area contributed by atoms with Gasteiger partial charge in [-0.25, -0.2) is 19.2 Å². The minimum absolute atomic E-state index is 0.221. The summed E-state index contributed by atoms with van der Waals surface area (Å²) >= 11 is 0. The van der Waals surface area contributed by atoms with Gasteiger partial charge in [0.2, 0.25) is 12.1 Å². The average Bonchev–Trinajstić information content (AvgIpc) is 3.38. The van der Waals surface area contributed by atoms with E-state index in [1.165, 1.54) is 38.1 Å². The van der Waals surface area contributed by atoms with Gasteiger partial charge >= 0.3 is 32.8 Å². The number of terminal acetylenes is 1. The molecular formula is C35H51F2N7O13P2. The standard InChI is InChI=1S/C35H51F2N7O13P2/c1-7-58(51,53-20-18-45)43-25-13-11-24(12-14-25)30(48)39-16-9-8-10-19-54-59(52,42-22(2)29(47)40-23(3)31(49)57-34(4,5)6)55-21-26-28(46)35(36,37)32(56-26)44-17-15-27(38)41-33(44)50/h1,11-15,17,22-23,26,28,32,45-46H,8-10,16,18-21H2,2-6H3,(H,39,48)(H,40,47)(H,42,52)(H,43,51)(H2,38,41,50)/t22?,23?,26-,28-,32-,58?,59?/m1/s1. The molecule has 3 rings (SSSR count). The number of nitrogens with zero attached hydrogens (tertiary/aromatic N) is 2. The first-order valence-electron chi connectivity index (χ1n) is 18.3. The van der Waals surface area contributed by atoms with E-state index in [0.29, 0.717) is 23.1 Å². The Morgan fingerprint density at radius 3 is 2.36 bits per heavy atom. The van der Waals surface area contributed by atoms with Crippen molar-refractivity contribution in [3.63, 3.8) is 0 Å². The number of carbonyl (C=O) groups is 3. The number of nitrogen functional groups attached to an aromatic ring is 1. The zero-order valence-corrected chi connectivity index (χ0v) is 34.9. The lowest BCUT2D eigenvalue weighted by Gasteiger charge is -2.26. The van der Waals surface area contributed by atoms with Crippen molar-refractivity contribution in [2.45, 2.75) is 95.9 Å². The number of aromatic nitrogens is 2. The van der Waals surface area contributed by atoms with Crippen LogP contribution >= 0.6 is 15.3 Å². The molecule has 1 aliphatic heterocycles. The van der Waals surface area contributed by atoms with Gasteiger partial charge < -0.3 is 45.7 Å². The monoisotopic (exact) mass is 877 g/mol. The largest absolute Gasteiger partial charge is 0.458 e. The zero-order chi connectivity index (χ0) is 44.2. The van der Waals surface area contributed by atoms with Gasteiger partial charge in [0.1, 0.15) is 23.6 Å². The smallest absolute Gasteiger partial charge is 0.406 e. The van der Waals surface area contributed by atoms with Crippen molar-refractivity contribution in [2.24, 2.45) is 0 Å². The fraction of sp³-hybridized carbons (Fsp3) is 0.571. The predicted octanol–water partition coefficient (Wildman–Crippen LogP) is 2.49. The Bertz CT molecular complexity index is 1960. The predicted molar refractivity (Wildman–Crippen MR) is 209 cm³/mol. The Kier molecular flexibility index (Phi) is 17.7. The van der Waals surface area contributed by atoms with Gasteiger partial charge in [0.05, 0.1) is 32.5 Å². The summed E-state index contributed by atoms with van der Waals surface area (Å²) < 4.78 is 83.7. The lowest BCUT2D eigenvalue weighted by molar-refractivity contribution is -0.158. The van der Waals surface area contributed by atoms with Gasteiger partial charge in [0.25, 0.3) is 5.91 Å². The van der Waals surface area contributed by atoms with Crippen molar-refractivity contribution in [1.82, 2.24) is 25.3 Å². The van der Waals surface area contributed by atoms with Crippen LogP contribution < -0.4 is 32.2 Å². The summed E-state index contributed by atoms with van der Waals surface area (Å²) in [6, 6.07) is 4.49. The van der Waals surface area contributed by atoms with Gasteiger partial charge in [0, 0.05) is 29.7 Å². The number of unbranched alkanes of at least 4 members (excludes halogenated alkanes) is 2. The molecule has 1 aromatic carbocycles. The molecule has 20 nitrogen and oxygen atoms in total. The molecule has 1 fully saturated rings. The summed E-state index contributed by atoms with van der Waals surface area (Å²) in [5.74, 6) is -6.26. The third-order valence-corrected chi connectivity index (χ3v) is 11.2. The number of aliphatic hydroxyl groups is 2. The highest BCUT2D eigenvalue weighted by Crippen LogP contribution is 2.48. The number of esters is 1. The van der Waals surface area contributed by atoms with Gasteiger partial charge in [-0.15, -0.1) is 6.42 Å². The molecule has 328 valence electrons. The quantitative estimate of drug-likeness (QED) is 0.0387. The number of nitrogens with one attached hydrogen (secondary N) is 4. The van der Waals surface area contributed by atoms with E-state index in [-0.39, 0.29) is 44.2 Å². The molecule has 7 atom stereocenters. The Morgan fingerprint density at radius 2 is 1.75 bits per heavy atom. The third-order valence-electron chi connectivity index (χ3n) is 8.08. The number of amides is 2. The number of carbonyl (C=O) groups excluding carboxylic acids is 3. The van der Waals surface area contributed by atoms with Gasteiger partial charge in [0.15, 0.2) is 6.10 Å². The van der Waals surface area contributed by atoms with E-state index in [4.69, 9.17) is 40.3 Å². The highest BCUT2D eigenvalue weighted by atomic mass is 31.2. The summed E-state index contributed by atoms with van der Waals surface area (Å²) in [5, 5.41) is 29.5. The molecule has 0 aliphatic carbocycles. The van der Waals surface area contributed by atoms with E-state index >= 15 is 8.78 Å². The second-order valence-corrected chi connectivity index (χ2v) is 17.8. The molecule has 0 saturated carbocycles. The van der Waals surface area contributed by atoms with Crippen LogP contribution in [-0.2, 0) is 41.8 Å². The molecule has 0 radical (unpaired) electrons. The minimum Gasteiger partial charge on any atom is -0.458 e. The van der Waals surface area contributed by atoms with E-state index in [0.717, 1.165) is 12.3 Å². The number of benzene rings is 1. The summed E-state index contributed by atoms with van der Waals surface area (Å²) in [5.41, 5.74) is 6.06. The van der Waals surface area contributed by atoms with E-state index < -0.39 is 87.4 Å². The number of ether oxygens (including phenoxy) is 2. The fourth-order valence-electron chi connectivity index (χ4n) is 5.11. The number of anilines is 2. The Balaban J connectivity index is 1.60. The fourth-order valence-corrected chi connectivity index (χ4v) is 7.67. The van der Waals surface area contributed by atoms with Crippen LogP contribution in [0.2, 0.25) is 0 Å². The number of rotatable bonds is 22. The van der Waals surface area contributed by atoms with Gasteiger partial charge in [-0.2, -0.15) is 13.8 Å². The molecule has 0 spiro atoms. The number of halogens is 2. The topological polar surface area (TPSA) is 281 Å². The SMILES string of the molecule is C#CP(=O)(Nc1ccc(C(=O)NCCCCCOP(=O)(NC(C)C(=O)NC(C)C(=O)OC(C)(C)C)OC[C@H]2O[C@@H](n3ccc(N)nc3=O)C(F)(F)[C@@H]2O)cc1)OCCO.